The van der Waals surface area contributed by atoms with Gasteiger partial charge in [0.25, 0.3) is 0 Å². The Morgan fingerprint density at radius 3 is 2.75 bits per heavy atom. The molecule has 2 aromatic heterocycles. The number of rotatable bonds is 3. The molecule has 0 unspecified atom stereocenters. The molecule has 2 aromatic rings. The van der Waals surface area contributed by atoms with Crippen LogP contribution >= 0.6 is 11.3 Å². The van der Waals surface area contributed by atoms with Gasteiger partial charge >= 0.3 is 0 Å². The molecule has 84 valence electrons. The molecule has 0 aromatic carbocycles. The van der Waals surface area contributed by atoms with E-state index in [0.717, 1.165) is 23.8 Å². The van der Waals surface area contributed by atoms with E-state index in [1.54, 1.807) is 11.3 Å². The Bertz CT molecular complexity index is 469. The highest BCUT2D eigenvalue weighted by Crippen LogP contribution is 2.27. The Morgan fingerprint density at radius 1 is 1.38 bits per heavy atom. The smallest absolute Gasteiger partial charge is 0.131 e. The number of nitrogens with one attached hydrogen (secondary N) is 1. The highest BCUT2D eigenvalue weighted by Gasteiger charge is 2.08. The quantitative estimate of drug-likeness (QED) is 0.885. The minimum Gasteiger partial charge on any atom is -0.373 e. The van der Waals surface area contributed by atoms with E-state index >= 15 is 0 Å². The summed E-state index contributed by atoms with van der Waals surface area (Å²) in [7, 11) is 1.88. The summed E-state index contributed by atoms with van der Waals surface area (Å²) in [5, 5.41) is 5.17. The Labute approximate surface area is 99.6 Å². The lowest BCUT2D eigenvalue weighted by Crippen LogP contribution is -2.00. The van der Waals surface area contributed by atoms with Crippen molar-refractivity contribution in [3.05, 3.63) is 28.2 Å². The lowest BCUT2D eigenvalue weighted by molar-refractivity contribution is 0.945. The van der Waals surface area contributed by atoms with Gasteiger partial charge in [0, 0.05) is 30.0 Å². The largest absolute Gasteiger partial charge is 0.373 e. The van der Waals surface area contributed by atoms with E-state index in [1.165, 1.54) is 10.4 Å². The van der Waals surface area contributed by atoms with E-state index in [1.807, 2.05) is 13.1 Å². The minimum absolute atomic E-state index is 0.853. The zero-order valence-electron chi connectivity index (χ0n) is 9.74. The van der Waals surface area contributed by atoms with E-state index in [2.05, 4.69) is 40.6 Å². The number of aromatic nitrogens is 2. The van der Waals surface area contributed by atoms with Crippen molar-refractivity contribution < 1.29 is 0 Å². The van der Waals surface area contributed by atoms with Crippen molar-refractivity contribution in [3.8, 4) is 11.3 Å². The van der Waals surface area contributed by atoms with Crippen LogP contribution in [0.5, 0.6) is 0 Å². The SMILES string of the molecule is CCc1nc(NC)cc(-c2ccsc2C)n1. The first kappa shape index (κ1) is 11.1. The van der Waals surface area contributed by atoms with Gasteiger partial charge in [-0.3, -0.25) is 0 Å². The number of thiophene rings is 1. The molecule has 0 aliphatic heterocycles. The minimum atomic E-state index is 0.853. The highest BCUT2D eigenvalue weighted by atomic mass is 32.1. The van der Waals surface area contributed by atoms with Gasteiger partial charge < -0.3 is 5.32 Å². The van der Waals surface area contributed by atoms with Crippen molar-refractivity contribution in [1.29, 1.82) is 0 Å². The summed E-state index contributed by atoms with van der Waals surface area (Å²) in [4.78, 5) is 10.2. The second-order valence-electron chi connectivity index (χ2n) is 3.55. The van der Waals surface area contributed by atoms with Gasteiger partial charge in [0.1, 0.15) is 11.6 Å². The van der Waals surface area contributed by atoms with Gasteiger partial charge in [-0.15, -0.1) is 11.3 Å². The van der Waals surface area contributed by atoms with E-state index < -0.39 is 0 Å². The van der Waals surface area contributed by atoms with Crippen LogP contribution in [0.3, 0.4) is 0 Å². The number of hydrogen-bond donors (Lipinski definition) is 1. The van der Waals surface area contributed by atoms with Gasteiger partial charge in [0.15, 0.2) is 0 Å². The maximum atomic E-state index is 4.56. The van der Waals surface area contributed by atoms with Crippen LogP contribution in [0.1, 0.15) is 17.6 Å². The van der Waals surface area contributed by atoms with Crippen LogP contribution in [-0.2, 0) is 6.42 Å². The fourth-order valence-corrected chi connectivity index (χ4v) is 2.28. The van der Waals surface area contributed by atoms with Crippen molar-refractivity contribution >= 4 is 17.2 Å². The normalized spacial score (nSPS) is 10.4. The molecular formula is C12H15N3S. The third-order valence-electron chi connectivity index (χ3n) is 2.48. The van der Waals surface area contributed by atoms with Crippen molar-refractivity contribution in [2.45, 2.75) is 20.3 Å². The number of nitrogens with zero attached hydrogens (tertiary/aromatic N) is 2. The van der Waals surface area contributed by atoms with Crippen LogP contribution in [0, 0.1) is 6.92 Å². The molecule has 4 heteroatoms. The van der Waals surface area contributed by atoms with Crippen molar-refractivity contribution in [1.82, 2.24) is 9.97 Å². The fourth-order valence-electron chi connectivity index (χ4n) is 1.57. The molecular weight excluding hydrogens is 218 g/mol. The van der Waals surface area contributed by atoms with Gasteiger partial charge in [0.05, 0.1) is 5.69 Å². The van der Waals surface area contributed by atoms with E-state index in [-0.39, 0.29) is 0 Å². The predicted molar refractivity (Wildman–Crippen MR) is 69.0 cm³/mol. The summed E-state index contributed by atoms with van der Waals surface area (Å²) in [5.41, 5.74) is 2.22. The Balaban J connectivity index is 2.52. The molecule has 0 spiro atoms. The Kier molecular flexibility index (Phi) is 3.19. The first-order valence-corrected chi connectivity index (χ1v) is 6.22. The van der Waals surface area contributed by atoms with Crippen molar-refractivity contribution in [2.75, 3.05) is 12.4 Å². The van der Waals surface area contributed by atoms with Crippen LogP contribution in [-0.4, -0.2) is 17.0 Å². The van der Waals surface area contributed by atoms with Crippen LogP contribution in [0.15, 0.2) is 17.5 Å². The molecule has 3 nitrogen and oxygen atoms in total. The highest BCUT2D eigenvalue weighted by molar-refractivity contribution is 7.10. The molecule has 0 saturated carbocycles. The molecule has 2 rings (SSSR count). The molecule has 2 heterocycles. The number of anilines is 1. The average molecular weight is 233 g/mol. The summed E-state index contributed by atoms with van der Waals surface area (Å²) in [6.45, 7) is 4.19. The van der Waals surface area contributed by atoms with Crippen molar-refractivity contribution in [2.24, 2.45) is 0 Å². The van der Waals surface area contributed by atoms with E-state index in [0.29, 0.717) is 0 Å². The molecule has 0 fully saturated rings. The maximum absolute atomic E-state index is 4.56. The zero-order valence-corrected chi connectivity index (χ0v) is 10.6. The predicted octanol–water partition coefficient (Wildman–Crippen LogP) is 3.12. The second kappa shape index (κ2) is 4.61. The molecule has 16 heavy (non-hydrogen) atoms. The average Bonchev–Trinajstić information content (AvgIpc) is 2.74. The second-order valence-corrected chi connectivity index (χ2v) is 4.67. The molecule has 0 amide bonds. The van der Waals surface area contributed by atoms with Gasteiger partial charge in [-0.25, -0.2) is 9.97 Å². The van der Waals surface area contributed by atoms with Crippen LogP contribution in [0.2, 0.25) is 0 Å². The lowest BCUT2D eigenvalue weighted by Gasteiger charge is -2.06. The van der Waals surface area contributed by atoms with Gasteiger partial charge in [-0.05, 0) is 18.4 Å². The molecule has 0 aliphatic rings. The van der Waals surface area contributed by atoms with Crippen LogP contribution in [0.4, 0.5) is 5.82 Å². The third-order valence-corrected chi connectivity index (χ3v) is 3.33. The summed E-state index contributed by atoms with van der Waals surface area (Å²) < 4.78 is 0. The van der Waals surface area contributed by atoms with E-state index in [9.17, 15) is 0 Å². The molecule has 0 radical (unpaired) electrons. The van der Waals surface area contributed by atoms with Crippen LogP contribution in [0.25, 0.3) is 11.3 Å². The molecule has 1 N–H and O–H groups in total. The zero-order chi connectivity index (χ0) is 11.5. The molecule has 0 atom stereocenters. The van der Waals surface area contributed by atoms with Crippen molar-refractivity contribution in [3.63, 3.8) is 0 Å². The monoisotopic (exact) mass is 233 g/mol. The molecule has 0 bridgehead atoms. The first-order valence-electron chi connectivity index (χ1n) is 5.34. The third kappa shape index (κ3) is 2.07. The first-order chi connectivity index (χ1) is 7.74. The van der Waals surface area contributed by atoms with Gasteiger partial charge in [-0.2, -0.15) is 0 Å². The standard InChI is InChI=1S/C12H15N3S/c1-4-11-14-10(7-12(13-3)15-11)9-5-6-16-8(9)2/h5-7H,4H2,1-3H3,(H,13,14,15). The number of hydrogen-bond acceptors (Lipinski definition) is 4. The summed E-state index contributed by atoms with van der Waals surface area (Å²) in [5.74, 6) is 1.76. The molecule has 0 saturated heterocycles. The van der Waals surface area contributed by atoms with E-state index in [4.69, 9.17) is 0 Å². The topological polar surface area (TPSA) is 37.8 Å². The number of aryl methyl sites for hydroxylation is 2. The Morgan fingerprint density at radius 2 is 2.19 bits per heavy atom. The lowest BCUT2D eigenvalue weighted by atomic mass is 10.2. The fraction of sp³-hybridized carbons (Fsp3) is 0.333. The molecule has 0 aliphatic carbocycles. The Hall–Kier alpha value is -1.42. The van der Waals surface area contributed by atoms with Gasteiger partial charge in [0.2, 0.25) is 0 Å². The van der Waals surface area contributed by atoms with Crippen LogP contribution < -0.4 is 5.32 Å². The van der Waals surface area contributed by atoms with Gasteiger partial charge in [-0.1, -0.05) is 6.92 Å². The summed E-state index contributed by atoms with van der Waals surface area (Å²) in [6.07, 6.45) is 0.853. The summed E-state index contributed by atoms with van der Waals surface area (Å²) >= 11 is 1.75. The maximum Gasteiger partial charge on any atom is 0.131 e. The summed E-state index contributed by atoms with van der Waals surface area (Å²) in [6, 6.07) is 4.11.